The molecule has 1 atom stereocenters. The van der Waals surface area contributed by atoms with E-state index in [1.54, 1.807) is 12.3 Å². The molecule has 2 fully saturated rings. The lowest BCUT2D eigenvalue weighted by molar-refractivity contribution is -0.0110. The molecule has 0 bridgehead atoms. The number of aromatic nitrogens is 3. The lowest BCUT2D eigenvalue weighted by Crippen LogP contribution is -2.25. The quantitative estimate of drug-likeness (QED) is 0.687. The largest absolute Gasteiger partial charge is 0.491 e. The van der Waals surface area contributed by atoms with E-state index in [1.165, 1.54) is 19.3 Å². The molecular weight excluding hydrogens is 368 g/mol. The molecule has 7 heteroatoms. The van der Waals surface area contributed by atoms with E-state index in [0.29, 0.717) is 23.9 Å². The first kappa shape index (κ1) is 18.1. The number of fused-ring (bicyclic) bond motifs is 1. The molecule has 150 valence electrons. The van der Waals surface area contributed by atoms with Gasteiger partial charge in [-0.25, -0.2) is 9.97 Å². The number of rotatable bonds is 6. The summed E-state index contributed by atoms with van der Waals surface area (Å²) in [4.78, 5) is 21.4. The number of anilines is 1. The van der Waals surface area contributed by atoms with Crippen molar-refractivity contribution in [1.82, 2.24) is 14.5 Å². The van der Waals surface area contributed by atoms with E-state index < -0.39 is 0 Å². The van der Waals surface area contributed by atoms with Gasteiger partial charge in [0.15, 0.2) is 5.65 Å². The maximum Gasteiger partial charge on any atom is 0.257 e. The van der Waals surface area contributed by atoms with Gasteiger partial charge in [-0.3, -0.25) is 4.79 Å². The summed E-state index contributed by atoms with van der Waals surface area (Å²) in [6.07, 6.45) is 9.31. The van der Waals surface area contributed by atoms with Gasteiger partial charge in [0.2, 0.25) is 0 Å². The zero-order valence-corrected chi connectivity index (χ0v) is 16.2. The first-order valence-corrected chi connectivity index (χ1v) is 10.2. The predicted octanol–water partition coefficient (Wildman–Crippen LogP) is 3.97. The molecule has 7 nitrogen and oxygen atoms in total. The van der Waals surface area contributed by atoms with Crippen molar-refractivity contribution in [2.75, 3.05) is 18.5 Å². The van der Waals surface area contributed by atoms with Gasteiger partial charge < -0.3 is 19.4 Å². The molecule has 1 saturated carbocycles. The van der Waals surface area contributed by atoms with Crippen molar-refractivity contribution in [3.63, 3.8) is 0 Å². The standard InChI is InChI=1S/C22H24N4O3/c27-22(15-11-20-21(23-12-15)26(14-24-20)17-6-7-17)25-16-4-8-18(9-5-16)29-13-19-3-1-2-10-28-19/h4-5,8-9,11-12,14,17,19H,1-3,6-7,10,13H2,(H,25,27). The molecule has 1 amide bonds. The monoisotopic (exact) mass is 392 g/mol. The highest BCUT2D eigenvalue weighted by Crippen LogP contribution is 2.36. The number of carbonyl (C=O) groups is 1. The maximum atomic E-state index is 12.6. The van der Waals surface area contributed by atoms with E-state index in [-0.39, 0.29) is 12.0 Å². The summed E-state index contributed by atoms with van der Waals surface area (Å²) in [7, 11) is 0. The third kappa shape index (κ3) is 4.10. The van der Waals surface area contributed by atoms with Crippen LogP contribution in [0.4, 0.5) is 5.69 Å². The number of amides is 1. The number of pyridine rings is 1. The van der Waals surface area contributed by atoms with Gasteiger partial charge in [-0.15, -0.1) is 0 Å². The van der Waals surface area contributed by atoms with Crippen LogP contribution < -0.4 is 10.1 Å². The smallest absolute Gasteiger partial charge is 0.257 e. The summed E-state index contributed by atoms with van der Waals surface area (Å²) in [5, 5.41) is 2.90. The molecule has 1 aromatic carbocycles. The Morgan fingerprint density at radius 3 is 2.79 bits per heavy atom. The zero-order chi connectivity index (χ0) is 19.6. The summed E-state index contributed by atoms with van der Waals surface area (Å²) >= 11 is 0. The molecule has 2 aliphatic rings. The van der Waals surface area contributed by atoms with Gasteiger partial charge in [0, 0.05) is 24.5 Å². The molecule has 0 radical (unpaired) electrons. The van der Waals surface area contributed by atoms with Crippen LogP contribution in [0.1, 0.15) is 48.5 Å². The fourth-order valence-corrected chi connectivity index (χ4v) is 3.63. The minimum absolute atomic E-state index is 0.175. The summed E-state index contributed by atoms with van der Waals surface area (Å²) in [6, 6.07) is 9.69. The molecule has 0 spiro atoms. The van der Waals surface area contributed by atoms with Crippen molar-refractivity contribution < 1.29 is 14.3 Å². The zero-order valence-electron chi connectivity index (χ0n) is 16.2. The molecule has 29 heavy (non-hydrogen) atoms. The Kier molecular flexibility index (Phi) is 4.89. The summed E-state index contributed by atoms with van der Waals surface area (Å²) in [6.45, 7) is 1.38. The molecule has 1 aliphatic heterocycles. The topological polar surface area (TPSA) is 78.3 Å². The molecule has 1 saturated heterocycles. The Balaban J connectivity index is 1.20. The number of hydrogen-bond donors (Lipinski definition) is 1. The Morgan fingerprint density at radius 1 is 1.17 bits per heavy atom. The second kappa shape index (κ2) is 7.83. The lowest BCUT2D eigenvalue weighted by atomic mass is 10.1. The van der Waals surface area contributed by atoms with Crippen molar-refractivity contribution in [3.8, 4) is 5.75 Å². The molecule has 5 rings (SSSR count). The van der Waals surface area contributed by atoms with Gasteiger partial charge in [0.1, 0.15) is 17.9 Å². The molecule has 1 aliphatic carbocycles. The third-order valence-electron chi connectivity index (χ3n) is 5.44. The van der Waals surface area contributed by atoms with E-state index in [2.05, 4.69) is 19.9 Å². The maximum absolute atomic E-state index is 12.6. The normalized spacial score (nSPS) is 19.2. The van der Waals surface area contributed by atoms with E-state index in [1.807, 2.05) is 30.6 Å². The molecule has 1 unspecified atom stereocenters. The number of nitrogens with zero attached hydrogens (tertiary/aromatic N) is 3. The highest BCUT2D eigenvalue weighted by Gasteiger charge is 2.25. The molecular formula is C22H24N4O3. The summed E-state index contributed by atoms with van der Waals surface area (Å²) < 4.78 is 13.6. The number of ether oxygens (including phenoxy) is 2. The Labute approximate surface area is 169 Å². The number of nitrogens with one attached hydrogen (secondary N) is 1. The van der Waals surface area contributed by atoms with E-state index in [0.717, 1.165) is 36.4 Å². The van der Waals surface area contributed by atoms with Gasteiger partial charge in [0.05, 0.1) is 18.0 Å². The molecule has 3 heterocycles. The summed E-state index contributed by atoms with van der Waals surface area (Å²) in [5.41, 5.74) is 2.79. The van der Waals surface area contributed by atoms with Crippen LogP contribution in [0, 0.1) is 0 Å². The van der Waals surface area contributed by atoms with Crippen LogP contribution in [-0.2, 0) is 4.74 Å². The average molecular weight is 392 g/mol. The third-order valence-corrected chi connectivity index (χ3v) is 5.44. The minimum atomic E-state index is -0.204. The van der Waals surface area contributed by atoms with Crippen LogP contribution in [0.5, 0.6) is 5.75 Å². The van der Waals surface area contributed by atoms with E-state index >= 15 is 0 Å². The van der Waals surface area contributed by atoms with Crippen LogP contribution in [0.25, 0.3) is 11.2 Å². The molecule has 3 aromatic rings. The fraction of sp³-hybridized carbons (Fsp3) is 0.409. The first-order chi connectivity index (χ1) is 14.3. The number of benzene rings is 1. The number of hydrogen-bond acceptors (Lipinski definition) is 5. The van der Waals surface area contributed by atoms with Crippen LogP contribution in [0.2, 0.25) is 0 Å². The number of carbonyl (C=O) groups excluding carboxylic acids is 1. The fourth-order valence-electron chi connectivity index (χ4n) is 3.63. The number of imidazole rings is 1. The Bertz CT molecular complexity index is 1000. The SMILES string of the molecule is O=C(Nc1ccc(OCC2CCCCO2)cc1)c1cnc2c(c1)ncn2C1CC1. The second-order valence-electron chi connectivity index (χ2n) is 7.73. The van der Waals surface area contributed by atoms with Crippen molar-refractivity contribution in [3.05, 3.63) is 48.4 Å². The molecule has 2 aromatic heterocycles. The average Bonchev–Trinajstić information content (AvgIpc) is 3.52. The van der Waals surface area contributed by atoms with Crippen molar-refractivity contribution in [2.24, 2.45) is 0 Å². The predicted molar refractivity (Wildman–Crippen MR) is 109 cm³/mol. The van der Waals surface area contributed by atoms with E-state index in [9.17, 15) is 4.79 Å². The highest BCUT2D eigenvalue weighted by molar-refractivity contribution is 6.05. The van der Waals surface area contributed by atoms with Crippen LogP contribution in [-0.4, -0.2) is 39.8 Å². The Hall–Kier alpha value is -2.93. The van der Waals surface area contributed by atoms with Crippen molar-refractivity contribution in [2.45, 2.75) is 44.2 Å². The van der Waals surface area contributed by atoms with Gasteiger partial charge in [-0.05, 0) is 62.4 Å². The van der Waals surface area contributed by atoms with Crippen LogP contribution in [0.3, 0.4) is 0 Å². The Morgan fingerprint density at radius 2 is 2.03 bits per heavy atom. The summed E-state index contributed by atoms with van der Waals surface area (Å²) in [5.74, 6) is 0.565. The minimum Gasteiger partial charge on any atom is -0.491 e. The van der Waals surface area contributed by atoms with Crippen molar-refractivity contribution >= 4 is 22.8 Å². The van der Waals surface area contributed by atoms with Gasteiger partial charge >= 0.3 is 0 Å². The van der Waals surface area contributed by atoms with Gasteiger partial charge in [0.25, 0.3) is 5.91 Å². The highest BCUT2D eigenvalue weighted by atomic mass is 16.5. The van der Waals surface area contributed by atoms with Gasteiger partial charge in [-0.1, -0.05) is 0 Å². The van der Waals surface area contributed by atoms with E-state index in [4.69, 9.17) is 9.47 Å². The van der Waals surface area contributed by atoms with Crippen molar-refractivity contribution in [1.29, 1.82) is 0 Å². The van der Waals surface area contributed by atoms with Crippen LogP contribution in [0.15, 0.2) is 42.9 Å². The molecule has 1 N–H and O–H groups in total. The second-order valence-corrected chi connectivity index (χ2v) is 7.73. The first-order valence-electron chi connectivity index (χ1n) is 10.2. The van der Waals surface area contributed by atoms with Crippen LogP contribution >= 0.6 is 0 Å². The lowest BCUT2D eigenvalue weighted by Gasteiger charge is -2.22. The van der Waals surface area contributed by atoms with Gasteiger partial charge in [-0.2, -0.15) is 0 Å².